The van der Waals surface area contributed by atoms with Crippen LogP contribution >= 0.6 is 11.6 Å². The van der Waals surface area contributed by atoms with Crippen molar-refractivity contribution in [1.82, 2.24) is 5.32 Å². The molecule has 1 aliphatic rings. The normalized spacial score (nSPS) is 18.1. The van der Waals surface area contributed by atoms with Crippen molar-refractivity contribution in [1.29, 1.82) is 0 Å². The highest BCUT2D eigenvalue weighted by molar-refractivity contribution is 6.31. The molecular formula is C16H18ClNO4. The van der Waals surface area contributed by atoms with Crippen LogP contribution in [0.15, 0.2) is 35.5 Å². The number of halogens is 1. The second-order valence-corrected chi connectivity index (χ2v) is 5.40. The molecular weight excluding hydrogens is 306 g/mol. The summed E-state index contributed by atoms with van der Waals surface area (Å²) < 4.78 is 10.1. The number of benzene rings is 1. The molecule has 5 nitrogen and oxygen atoms in total. The summed E-state index contributed by atoms with van der Waals surface area (Å²) in [6, 6.07) is 7.20. The summed E-state index contributed by atoms with van der Waals surface area (Å²) in [5.41, 5.74) is 1.68. The fraction of sp³-hybridized carbons (Fsp3) is 0.375. The van der Waals surface area contributed by atoms with E-state index in [0.29, 0.717) is 22.9 Å². The van der Waals surface area contributed by atoms with Gasteiger partial charge in [0.1, 0.15) is 6.61 Å². The van der Waals surface area contributed by atoms with E-state index in [0.717, 1.165) is 5.56 Å². The molecule has 1 aromatic rings. The highest BCUT2D eigenvalue weighted by atomic mass is 35.5. The van der Waals surface area contributed by atoms with Crippen LogP contribution in [-0.2, 0) is 19.1 Å². The molecule has 2 rings (SSSR count). The SMILES string of the molecule is COCCOC(=O)C1=C(C)NC(=O)C[C@H]1c1ccccc1Cl. The number of hydrogen-bond acceptors (Lipinski definition) is 4. The van der Waals surface area contributed by atoms with Crippen molar-refractivity contribution >= 4 is 23.5 Å². The number of esters is 1. The van der Waals surface area contributed by atoms with Gasteiger partial charge in [0, 0.05) is 30.2 Å². The number of rotatable bonds is 5. The van der Waals surface area contributed by atoms with Gasteiger partial charge in [0.2, 0.25) is 5.91 Å². The third-order valence-electron chi connectivity index (χ3n) is 3.49. The van der Waals surface area contributed by atoms with Crippen molar-refractivity contribution in [3.63, 3.8) is 0 Å². The standard InChI is InChI=1S/C16H18ClNO4/c1-10-15(16(20)22-8-7-21-2)12(9-14(19)18-10)11-5-3-4-6-13(11)17/h3-6,12H,7-9H2,1-2H3,(H,18,19)/t12-/m0/s1. The number of methoxy groups -OCH3 is 1. The summed E-state index contributed by atoms with van der Waals surface area (Å²) in [6.45, 7) is 2.17. The molecule has 0 saturated carbocycles. The molecule has 1 aromatic carbocycles. The van der Waals surface area contributed by atoms with Crippen molar-refractivity contribution in [2.75, 3.05) is 20.3 Å². The van der Waals surface area contributed by atoms with Gasteiger partial charge < -0.3 is 14.8 Å². The van der Waals surface area contributed by atoms with Gasteiger partial charge in [-0.3, -0.25) is 4.79 Å². The largest absolute Gasteiger partial charge is 0.460 e. The van der Waals surface area contributed by atoms with Crippen LogP contribution in [0.5, 0.6) is 0 Å². The average molecular weight is 324 g/mol. The summed E-state index contributed by atoms with van der Waals surface area (Å²) in [7, 11) is 1.53. The Balaban J connectivity index is 2.33. The quantitative estimate of drug-likeness (QED) is 0.667. The van der Waals surface area contributed by atoms with Crippen molar-refractivity contribution in [2.45, 2.75) is 19.3 Å². The topological polar surface area (TPSA) is 64.6 Å². The highest BCUT2D eigenvalue weighted by Crippen LogP contribution is 2.36. The number of carbonyl (C=O) groups is 2. The number of nitrogens with one attached hydrogen (secondary N) is 1. The molecule has 1 aliphatic heterocycles. The van der Waals surface area contributed by atoms with Crippen LogP contribution in [0.25, 0.3) is 0 Å². The lowest BCUT2D eigenvalue weighted by Crippen LogP contribution is -2.34. The van der Waals surface area contributed by atoms with Crippen molar-refractivity contribution in [3.05, 3.63) is 46.1 Å². The third kappa shape index (κ3) is 3.67. The maximum absolute atomic E-state index is 12.4. The number of hydrogen-bond donors (Lipinski definition) is 1. The number of ether oxygens (including phenoxy) is 2. The molecule has 0 spiro atoms. The van der Waals surface area contributed by atoms with Gasteiger partial charge in [0.25, 0.3) is 0 Å². The van der Waals surface area contributed by atoms with Gasteiger partial charge in [0.15, 0.2) is 0 Å². The molecule has 0 fully saturated rings. The van der Waals surface area contributed by atoms with E-state index in [1.807, 2.05) is 18.2 Å². The second-order valence-electron chi connectivity index (χ2n) is 4.99. The zero-order valence-corrected chi connectivity index (χ0v) is 13.3. The lowest BCUT2D eigenvalue weighted by molar-refractivity contribution is -0.140. The van der Waals surface area contributed by atoms with E-state index < -0.39 is 11.9 Å². The first-order chi connectivity index (χ1) is 10.5. The minimum atomic E-state index is -0.459. The van der Waals surface area contributed by atoms with E-state index in [1.165, 1.54) is 7.11 Å². The Morgan fingerprint density at radius 1 is 1.36 bits per heavy atom. The maximum atomic E-state index is 12.4. The van der Waals surface area contributed by atoms with E-state index in [9.17, 15) is 9.59 Å². The molecule has 0 saturated heterocycles. The number of allylic oxidation sites excluding steroid dienone is 1. The lowest BCUT2D eigenvalue weighted by atomic mass is 9.84. The van der Waals surface area contributed by atoms with Gasteiger partial charge >= 0.3 is 5.97 Å². The Bertz CT molecular complexity index is 612. The van der Waals surface area contributed by atoms with Gasteiger partial charge in [-0.05, 0) is 18.6 Å². The van der Waals surface area contributed by atoms with Crippen LogP contribution < -0.4 is 5.32 Å². The van der Waals surface area contributed by atoms with Gasteiger partial charge in [-0.2, -0.15) is 0 Å². The Kier molecular flexibility index (Phi) is 5.57. The Hall–Kier alpha value is -1.85. The van der Waals surface area contributed by atoms with Gasteiger partial charge in [-0.15, -0.1) is 0 Å². The Morgan fingerprint density at radius 3 is 2.77 bits per heavy atom. The number of carbonyl (C=O) groups excluding carboxylic acids is 2. The molecule has 0 unspecified atom stereocenters. The first kappa shape index (κ1) is 16.5. The molecule has 0 aromatic heterocycles. The monoisotopic (exact) mass is 323 g/mol. The molecule has 1 amide bonds. The van der Waals surface area contributed by atoms with Crippen LogP contribution in [0.3, 0.4) is 0 Å². The molecule has 1 heterocycles. The molecule has 118 valence electrons. The Morgan fingerprint density at radius 2 is 2.09 bits per heavy atom. The first-order valence-electron chi connectivity index (χ1n) is 6.95. The Labute approximate surface area is 134 Å². The zero-order valence-electron chi connectivity index (χ0n) is 12.5. The predicted octanol–water partition coefficient (Wildman–Crippen LogP) is 2.41. The van der Waals surface area contributed by atoms with Crippen molar-refractivity contribution in [2.24, 2.45) is 0 Å². The predicted molar refractivity (Wildman–Crippen MR) is 82.5 cm³/mol. The average Bonchev–Trinajstić information content (AvgIpc) is 2.47. The minimum absolute atomic E-state index is 0.143. The van der Waals surface area contributed by atoms with E-state index in [4.69, 9.17) is 21.1 Å². The van der Waals surface area contributed by atoms with Gasteiger partial charge in [0.05, 0.1) is 12.2 Å². The second kappa shape index (κ2) is 7.42. The summed E-state index contributed by atoms with van der Waals surface area (Å²) in [4.78, 5) is 24.2. The lowest BCUT2D eigenvalue weighted by Gasteiger charge is -2.27. The van der Waals surface area contributed by atoms with Crippen LogP contribution in [0.1, 0.15) is 24.8 Å². The highest BCUT2D eigenvalue weighted by Gasteiger charge is 2.33. The summed E-state index contributed by atoms with van der Waals surface area (Å²) in [5.74, 6) is -1.01. The molecule has 22 heavy (non-hydrogen) atoms. The fourth-order valence-corrected chi connectivity index (χ4v) is 2.76. The minimum Gasteiger partial charge on any atom is -0.460 e. The molecule has 1 atom stereocenters. The summed E-state index contributed by atoms with van der Waals surface area (Å²) >= 11 is 6.22. The van der Waals surface area contributed by atoms with Crippen LogP contribution in [0.2, 0.25) is 5.02 Å². The van der Waals surface area contributed by atoms with Crippen molar-refractivity contribution < 1.29 is 19.1 Å². The van der Waals surface area contributed by atoms with Crippen LogP contribution in [0, 0.1) is 0 Å². The van der Waals surface area contributed by atoms with Gasteiger partial charge in [-0.25, -0.2) is 4.79 Å². The third-order valence-corrected chi connectivity index (χ3v) is 3.83. The first-order valence-corrected chi connectivity index (χ1v) is 7.33. The van der Waals surface area contributed by atoms with E-state index in [-0.39, 0.29) is 18.9 Å². The smallest absolute Gasteiger partial charge is 0.336 e. The molecule has 0 radical (unpaired) electrons. The molecule has 6 heteroatoms. The van der Waals surface area contributed by atoms with Crippen LogP contribution in [-0.4, -0.2) is 32.2 Å². The van der Waals surface area contributed by atoms with Crippen LogP contribution in [0.4, 0.5) is 0 Å². The summed E-state index contributed by atoms with van der Waals surface area (Å²) in [6.07, 6.45) is 0.162. The molecule has 0 aliphatic carbocycles. The number of amides is 1. The summed E-state index contributed by atoms with van der Waals surface area (Å²) in [5, 5.41) is 3.21. The van der Waals surface area contributed by atoms with E-state index in [2.05, 4.69) is 5.32 Å². The molecule has 0 bridgehead atoms. The fourth-order valence-electron chi connectivity index (χ4n) is 2.49. The van der Waals surface area contributed by atoms with E-state index >= 15 is 0 Å². The van der Waals surface area contributed by atoms with Crippen molar-refractivity contribution in [3.8, 4) is 0 Å². The molecule has 1 N–H and O–H groups in total. The van der Waals surface area contributed by atoms with Gasteiger partial charge in [-0.1, -0.05) is 29.8 Å². The zero-order chi connectivity index (χ0) is 16.1. The maximum Gasteiger partial charge on any atom is 0.336 e. The van der Waals surface area contributed by atoms with E-state index in [1.54, 1.807) is 13.0 Å².